The fourth-order valence-corrected chi connectivity index (χ4v) is 5.40. The number of phenolic OH excluding ortho intramolecular Hbond substituents is 1. The summed E-state index contributed by atoms with van der Waals surface area (Å²) in [7, 11) is 0. The Morgan fingerprint density at radius 3 is 1.51 bits per heavy atom. The van der Waals surface area contributed by atoms with E-state index in [4.69, 9.17) is 9.47 Å². The zero-order valence-electron chi connectivity index (χ0n) is 22.4. The number of hydrogen-bond acceptors (Lipinski definition) is 4. The molecule has 2 saturated carbocycles. The maximum atomic E-state index is 11.6. The van der Waals surface area contributed by atoms with Crippen LogP contribution in [0.2, 0.25) is 0 Å². The predicted molar refractivity (Wildman–Crippen MR) is 142 cm³/mol. The van der Waals surface area contributed by atoms with Gasteiger partial charge in [-0.1, -0.05) is 76.6 Å². The fraction of sp³-hybridized carbons (Fsp3) is 0.581. The summed E-state index contributed by atoms with van der Waals surface area (Å²) in [6, 6.07) is 15.6. The van der Waals surface area contributed by atoms with Gasteiger partial charge >= 0.3 is 6.16 Å². The highest BCUT2D eigenvalue weighted by Crippen LogP contribution is 2.40. The minimum atomic E-state index is -0.654. The number of aromatic hydroxyl groups is 1. The smallest absolute Gasteiger partial charge is 0.508 e. The Morgan fingerprint density at radius 1 is 0.714 bits per heavy atom. The summed E-state index contributed by atoms with van der Waals surface area (Å²) in [5.74, 6) is 0.903. The number of carbonyl (C=O) groups is 1. The molecular weight excluding hydrogens is 436 g/mol. The van der Waals surface area contributed by atoms with E-state index >= 15 is 0 Å². The first-order valence-electron chi connectivity index (χ1n) is 13.3. The lowest BCUT2D eigenvalue weighted by molar-refractivity contribution is 0.0206. The lowest BCUT2D eigenvalue weighted by atomic mass is 9.71. The summed E-state index contributed by atoms with van der Waals surface area (Å²) in [5, 5.41) is 9.24. The molecule has 0 spiro atoms. The van der Waals surface area contributed by atoms with Gasteiger partial charge in [-0.05, 0) is 92.7 Å². The molecule has 0 saturated heterocycles. The third kappa shape index (κ3) is 8.02. The predicted octanol–water partition coefficient (Wildman–Crippen LogP) is 8.84. The van der Waals surface area contributed by atoms with E-state index in [1.807, 2.05) is 32.9 Å². The number of ether oxygens (including phenoxy) is 2. The molecule has 192 valence electrons. The van der Waals surface area contributed by atoms with Crippen molar-refractivity contribution < 1.29 is 19.4 Å². The van der Waals surface area contributed by atoms with Crippen LogP contribution in [0.3, 0.4) is 0 Å². The molecule has 0 aromatic heterocycles. The Labute approximate surface area is 212 Å². The summed E-state index contributed by atoms with van der Waals surface area (Å²) in [5.41, 5.74) is 2.80. The van der Waals surface area contributed by atoms with Gasteiger partial charge in [0.2, 0.25) is 0 Å². The minimum Gasteiger partial charge on any atom is -0.508 e. The first-order valence-corrected chi connectivity index (χ1v) is 13.3. The van der Waals surface area contributed by atoms with E-state index in [1.54, 1.807) is 12.1 Å². The molecule has 35 heavy (non-hydrogen) atoms. The van der Waals surface area contributed by atoms with Crippen molar-refractivity contribution in [2.45, 2.75) is 115 Å². The maximum Gasteiger partial charge on any atom is 0.514 e. The van der Waals surface area contributed by atoms with Crippen LogP contribution in [0, 0.1) is 0 Å². The van der Waals surface area contributed by atoms with Gasteiger partial charge in [-0.3, -0.25) is 0 Å². The molecule has 2 aromatic rings. The first-order chi connectivity index (χ1) is 16.5. The highest BCUT2D eigenvalue weighted by molar-refractivity contribution is 5.64. The zero-order valence-corrected chi connectivity index (χ0v) is 22.4. The summed E-state index contributed by atoms with van der Waals surface area (Å²) in [6.45, 7) is 10.1. The quantitative estimate of drug-likeness (QED) is 0.352. The van der Waals surface area contributed by atoms with Crippen molar-refractivity contribution in [3.05, 3.63) is 59.7 Å². The van der Waals surface area contributed by atoms with Gasteiger partial charge in [0.1, 0.15) is 17.1 Å². The van der Waals surface area contributed by atoms with Crippen LogP contribution in [0.15, 0.2) is 48.5 Å². The van der Waals surface area contributed by atoms with Crippen LogP contribution >= 0.6 is 0 Å². The SMILES string of the molecule is CC(C)(C)OC(=O)Oc1ccc(C2(C)CCCCC2)cc1.CC1(c2ccc(O)cc2)CCCCC1. The van der Waals surface area contributed by atoms with Gasteiger partial charge in [-0.15, -0.1) is 0 Å². The van der Waals surface area contributed by atoms with Crippen LogP contribution in [-0.2, 0) is 15.6 Å². The molecule has 0 bridgehead atoms. The molecule has 2 aliphatic carbocycles. The van der Waals surface area contributed by atoms with Crippen LogP contribution < -0.4 is 4.74 Å². The fourth-order valence-electron chi connectivity index (χ4n) is 5.40. The van der Waals surface area contributed by atoms with E-state index in [1.165, 1.54) is 75.3 Å². The Bertz CT molecular complexity index is 925. The van der Waals surface area contributed by atoms with Gasteiger partial charge in [0.05, 0.1) is 0 Å². The van der Waals surface area contributed by atoms with Gasteiger partial charge in [0.15, 0.2) is 0 Å². The molecule has 2 aliphatic rings. The van der Waals surface area contributed by atoms with Crippen molar-refractivity contribution in [1.29, 1.82) is 0 Å². The van der Waals surface area contributed by atoms with Crippen molar-refractivity contribution >= 4 is 6.16 Å². The van der Waals surface area contributed by atoms with E-state index in [2.05, 4.69) is 38.1 Å². The number of phenols is 1. The van der Waals surface area contributed by atoms with Crippen LogP contribution in [0.4, 0.5) is 4.79 Å². The average molecular weight is 481 g/mol. The Morgan fingerprint density at radius 2 is 1.11 bits per heavy atom. The van der Waals surface area contributed by atoms with Gasteiger partial charge in [0, 0.05) is 0 Å². The molecular formula is C31H44O4. The van der Waals surface area contributed by atoms with Crippen LogP contribution in [-0.4, -0.2) is 16.9 Å². The van der Waals surface area contributed by atoms with Gasteiger partial charge in [-0.25, -0.2) is 4.79 Å². The molecule has 2 aromatic carbocycles. The van der Waals surface area contributed by atoms with Crippen LogP contribution in [0.25, 0.3) is 0 Å². The van der Waals surface area contributed by atoms with Crippen molar-refractivity contribution in [2.24, 2.45) is 0 Å². The van der Waals surface area contributed by atoms with Gasteiger partial charge in [0.25, 0.3) is 0 Å². The summed E-state index contributed by atoms with van der Waals surface area (Å²) >= 11 is 0. The second-order valence-electron chi connectivity index (χ2n) is 11.9. The normalized spacial score (nSPS) is 19.1. The third-order valence-corrected chi connectivity index (χ3v) is 7.62. The topological polar surface area (TPSA) is 55.8 Å². The van der Waals surface area contributed by atoms with Gasteiger partial charge < -0.3 is 14.6 Å². The second-order valence-corrected chi connectivity index (χ2v) is 11.9. The minimum absolute atomic E-state index is 0.267. The molecule has 2 fully saturated rings. The molecule has 4 rings (SSSR count). The standard InChI is InChI=1S/C18H26O3.C13H18O/c1-17(2,3)21-16(19)20-15-10-8-14(9-11-15)18(4)12-6-5-7-13-18;1-13(9-3-2-4-10-13)11-5-7-12(14)8-6-11/h8-11H,5-7,12-13H2,1-4H3;5-8,14H,2-4,9-10H2,1H3. The van der Waals surface area contributed by atoms with Crippen LogP contribution in [0.1, 0.15) is 110 Å². The van der Waals surface area contributed by atoms with E-state index in [0.717, 1.165) is 0 Å². The molecule has 0 radical (unpaired) electrons. The first kappa shape index (κ1) is 27.1. The number of rotatable bonds is 3. The van der Waals surface area contributed by atoms with Crippen LogP contribution in [0.5, 0.6) is 11.5 Å². The molecule has 0 aliphatic heterocycles. The van der Waals surface area contributed by atoms with Crippen molar-refractivity contribution in [3.63, 3.8) is 0 Å². The lowest BCUT2D eigenvalue weighted by Crippen LogP contribution is -2.26. The Kier molecular flexibility index (Phi) is 8.90. The monoisotopic (exact) mass is 480 g/mol. The highest BCUT2D eigenvalue weighted by atomic mass is 16.7. The molecule has 0 amide bonds. The molecule has 0 unspecified atom stereocenters. The zero-order chi connectivity index (χ0) is 25.5. The Balaban J connectivity index is 0.000000211. The molecule has 4 heteroatoms. The molecule has 0 heterocycles. The van der Waals surface area contributed by atoms with Gasteiger partial charge in [-0.2, -0.15) is 0 Å². The number of hydrogen-bond donors (Lipinski definition) is 1. The molecule has 0 atom stereocenters. The maximum absolute atomic E-state index is 11.6. The van der Waals surface area contributed by atoms with E-state index < -0.39 is 11.8 Å². The summed E-state index contributed by atoms with van der Waals surface area (Å²) in [4.78, 5) is 11.6. The van der Waals surface area contributed by atoms with Crippen molar-refractivity contribution in [2.75, 3.05) is 0 Å². The second kappa shape index (κ2) is 11.5. The largest absolute Gasteiger partial charge is 0.514 e. The molecule has 4 nitrogen and oxygen atoms in total. The highest BCUT2D eigenvalue weighted by Gasteiger charge is 2.29. The third-order valence-electron chi connectivity index (χ3n) is 7.62. The molecule has 1 N–H and O–H groups in total. The van der Waals surface area contributed by atoms with E-state index in [0.29, 0.717) is 16.9 Å². The van der Waals surface area contributed by atoms with Crippen molar-refractivity contribution in [3.8, 4) is 11.5 Å². The Hall–Kier alpha value is -2.49. The average Bonchev–Trinajstić information content (AvgIpc) is 2.80. The summed E-state index contributed by atoms with van der Waals surface area (Å²) < 4.78 is 10.4. The number of benzene rings is 2. The van der Waals surface area contributed by atoms with E-state index in [-0.39, 0.29) is 5.41 Å². The summed E-state index contributed by atoms with van der Waals surface area (Å²) in [6.07, 6.45) is 12.4. The lowest BCUT2D eigenvalue weighted by Gasteiger charge is -2.34. The van der Waals surface area contributed by atoms with E-state index in [9.17, 15) is 9.90 Å². The number of carbonyl (C=O) groups excluding carboxylic acids is 1. The van der Waals surface area contributed by atoms with Crippen molar-refractivity contribution in [1.82, 2.24) is 0 Å².